The summed E-state index contributed by atoms with van der Waals surface area (Å²) in [4.78, 5) is 13.0. The molecule has 51 heavy (non-hydrogen) atoms. The number of allylic oxidation sites excluding steroid dienone is 2. The molecule has 4 aromatic rings. The van der Waals surface area contributed by atoms with Crippen molar-refractivity contribution in [2.45, 2.75) is 116 Å². The molecular weight excluding hydrogens is 645 g/mol. The van der Waals surface area contributed by atoms with Gasteiger partial charge < -0.3 is 9.94 Å². The Morgan fingerprint density at radius 3 is 1.78 bits per heavy atom. The Morgan fingerprint density at radius 2 is 1.25 bits per heavy atom. The highest BCUT2D eigenvalue weighted by atomic mass is 31.1. The first kappa shape index (κ1) is 38.7. The van der Waals surface area contributed by atoms with Crippen molar-refractivity contribution in [1.29, 1.82) is 0 Å². The summed E-state index contributed by atoms with van der Waals surface area (Å²) in [5.41, 5.74) is 1.91. The predicted octanol–water partition coefficient (Wildman–Crippen LogP) is 10.4. The lowest BCUT2D eigenvalue weighted by molar-refractivity contribution is -0.259. The molecule has 0 saturated carbocycles. The Balaban J connectivity index is 1.20. The SMILES string of the molecule is CCC(CC(C/C=C/CCC(C)C(=O)OC1CC(C)(C)N(O)C(C)(C)C1)c1ccccc1)c1ccc(P(c2ccccc2)c2ccccc2)cc1. The number of benzene rings is 4. The molecule has 0 amide bonds. The smallest absolute Gasteiger partial charge is 0.308 e. The fourth-order valence-corrected chi connectivity index (χ4v) is 10.1. The minimum absolute atomic E-state index is 0.134. The van der Waals surface area contributed by atoms with Gasteiger partial charge in [0.25, 0.3) is 0 Å². The number of hydrogen-bond acceptors (Lipinski definition) is 4. The minimum Gasteiger partial charge on any atom is -0.462 e. The molecule has 1 fully saturated rings. The first-order valence-corrected chi connectivity index (χ1v) is 20.2. The molecule has 1 N–H and O–H groups in total. The summed E-state index contributed by atoms with van der Waals surface area (Å²) in [6.07, 6.45) is 10.4. The molecule has 5 heteroatoms. The summed E-state index contributed by atoms with van der Waals surface area (Å²) in [5.74, 6) is 0.560. The number of esters is 1. The lowest BCUT2D eigenvalue weighted by Gasteiger charge is -2.51. The topological polar surface area (TPSA) is 49.8 Å². The zero-order chi connectivity index (χ0) is 36.4. The summed E-state index contributed by atoms with van der Waals surface area (Å²) in [6.45, 7) is 12.3. The number of carbonyl (C=O) groups is 1. The van der Waals surface area contributed by atoms with Crippen molar-refractivity contribution >= 4 is 29.8 Å². The van der Waals surface area contributed by atoms with Gasteiger partial charge in [-0.3, -0.25) is 4.79 Å². The van der Waals surface area contributed by atoms with Gasteiger partial charge in [0, 0.05) is 23.9 Å². The third-order valence-electron chi connectivity index (χ3n) is 10.6. The van der Waals surface area contributed by atoms with E-state index in [9.17, 15) is 10.0 Å². The maximum Gasteiger partial charge on any atom is 0.308 e. The number of hydroxylamine groups is 2. The normalized spacial score (nSPS) is 18.0. The van der Waals surface area contributed by atoms with Gasteiger partial charge in [0.2, 0.25) is 0 Å². The monoisotopic (exact) mass is 703 g/mol. The summed E-state index contributed by atoms with van der Waals surface area (Å²) < 4.78 is 5.99. The Kier molecular flexibility index (Phi) is 13.5. The quantitative estimate of drug-likeness (QED) is 0.0761. The largest absolute Gasteiger partial charge is 0.462 e. The highest BCUT2D eigenvalue weighted by molar-refractivity contribution is 7.79. The molecule has 1 heterocycles. The van der Waals surface area contributed by atoms with Crippen LogP contribution in [-0.4, -0.2) is 33.4 Å². The lowest BCUT2D eigenvalue weighted by atomic mass is 9.80. The highest BCUT2D eigenvalue weighted by Gasteiger charge is 2.46. The van der Waals surface area contributed by atoms with Crippen LogP contribution in [0.1, 0.15) is 109 Å². The van der Waals surface area contributed by atoms with Gasteiger partial charge in [0.15, 0.2) is 0 Å². The van der Waals surface area contributed by atoms with Gasteiger partial charge in [-0.15, -0.1) is 0 Å². The zero-order valence-electron chi connectivity index (χ0n) is 31.5. The molecule has 5 rings (SSSR count). The Hall–Kier alpha value is -3.56. The number of nitrogens with zero attached hydrogens (tertiary/aromatic N) is 1. The van der Waals surface area contributed by atoms with Crippen LogP contribution in [0.25, 0.3) is 0 Å². The average Bonchev–Trinajstić information content (AvgIpc) is 3.13. The fourth-order valence-electron chi connectivity index (χ4n) is 7.86. The van der Waals surface area contributed by atoms with E-state index in [2.05, 4.69) is 134 Å². The first-order chi connectivity index (χ1) is 24.5. The van der Waals surface area contributed by atoms with E-state index in [-0.39, 0.29) is 18.0 Å². The number of ether oxygens (including phenoxy) is 1. The molecule has 270 valence electrons. The van der Waals surface area contributed by atoms with Crippen LogP contribution >= 0.6 is 7.92 Å². The van der Waals surface area contributed by atoms with E-state index in [0.29, 0.717) is 24.7 Å². The number of rotatable bonds is 15. The van der Waals surface area contributed by atoms with Crippen molar-refractivity contribution in [2.75, 3.05) is 0 Å². The molecule has 0 aromatic heterocycles. The third kappa shape index (κ3) is 10.3. The summed E-state index contributed by atoms with van der Waals surface area (Å²) in [6, 6.07) is 42.2. The van der Waals surface area contributed by atoms with E-state index >= 15 is 0 Å². The molecule has 0 spiro atoms. The van der Waals surface area contributed by atoms with Gasteiger partial charge in [-0.25, -0.2) is 0 Å². The van der Waals surface area contributed by atoms with Crippen LogP contribution in [-0.2, 0) is 9.53 Å². The second-order valence-corrected chi connectivity index (χ2v) is 17.9. The maximum absolute atomic E-state index is 13.0. The van der Waals surface area contributed by atoms with Crippen molar-refractivity contribution in [3.05, 3.63) is 139 Å². The van der Waals surface area contributed by atoms with Crippen LogP contribution < -0.4 is 15.9 Å². The van der Waals surface area contributed by atoms with Crippen molar-refractivity contribution in [3.63, 3.8) is 0 Å². The van der Waals surface area contributed by atoms with Crippen molar-refractivity contribution in [1.82, 2.24) is 5.06 Å². The van der Waals surface area contributed by atoms with Crippen LogP contribution in [0.2, 0.25) is 0 Å². The second kappa shape index (κ2) is 17.8. The first-order valence-electron chi connectivity index (χ1n) is 18.9. The van der Waals surface area contributed by atoms with Gasteiger partial charge in [-0.05, 0) is 107 Å². The van der Waals surface area contributed by atoms with Crippen molar-refractivity contribution < 1.29 is 14.7 Å². The standard InChI is InChI=1S/C46H58NO3P/c1-7-36(38-28-30-43(31-29-38)51(41-24-16-10-17-25-41)42-26-18-11-19-27-42)32-39(37-21-13-9-14-22-37)23-15-8-12-20-35(2)44(48)50-40-33-45(3,4)47(49)46(5,6)34-40/h8-11,13-19,21-22,24-31,35-36,39-40,49H,7,12,20,23,32-34H2,1-6H3/b15-8+. The Labute approximate surface area is 308 Å². The fraction of sp³-hybridized carbons (Fsp3) is 0.413. The number of carbonyl (C=O) groups excluding carboxylic acids is 1. The zero-order valence-corrected chi connectivity index (χ0v) is 32.4. The van der Waals surface area contributed by atoms with Crippen LogP contribution in [0.3, 0.4) is 0 Å². The van der Waals surface area contributed by atoms with Gasteiger partial charge in [0.05, 0.1) is 5.92 Å². The van der Waals surface area contributed by atoms with E-state index in [1.165, 1.54) is 32.1 Å². The van der Waals surface area contributed by atoms with Crippen LogP contribution in [0.15, 0.2) is 127 Å². The molecule has 4 nitrogen and oxygen atoms in total. The molecule has 3 unspecified atom stereocenters. The Morgan fingerprint density at radius 1 is 0.765 bits per heavy atom. The Bertz CT molecular complexity index is 1610. The van der Waals surface area contributed by atoms with Crippen LogP contribution in [0, 0.1) is 5.92 Å². The molecular formula is C46H58NO3P. The molecule has 1 aliphatic rings. The van der Waals surface area contributed by atoms with E-state index < -0.39 is 19.0 Å². The van der Waals surface area contributed by atoms with E-state index in [1.54, 1.807) is 0 Å². The van der Waals surface area contributed by atoms with Crippen LogP contribution in [0.4, 0.5) is 0 Å². The molecule has 4 aromatic carbocycles. The molecule has 1 saturated heterocycles. The molecule has 1 aliphatic heterocycles. The van der Waals surface area contributed by atoms with Gasteiger partial charge in [-0.1, -0.05) is 141 Å². The molecule has 0 radical (unpaired) electrons. The maximum atomic E-state index is 13.0. The summed E-state index contributed by atoms with van der Waals surface area (Å²) >= 11 is 0. The summed E-state index contributed by atoms with van der Waals surface area (Å²) in [5, 5.41) is 16.2. The highest BCUT2D eigenvalue weighted by Crippen LogP contribution is 2.39. The van der Waals surface area contributed by atoms with Gasteiger partial charge >= 0.3 is 5.97 Å². The number of piperidine rings is 1. The van der Waals surface area contributed by atoms with Gasteiger partial charge in [0.1, 0.15) is 6.10 Å². The van der Waals surface area contributed by atoms with E-state index in [1.807, 2.05) is 34.6 Å². The third-order valence-corrected chi connectivity index (χ3v) is 13.1. The predicted molar refractivity (Wildman–Crippen MR) is 215 cm³/mol. The molecule has 0 bridgehead atoms. The van der Waals surface area contributed by atoms with E-state index in [0.717, 1.165) is 32.1 Å². The van der Waals surface area contributed by atoms with Gasteiger partial charge in [-0.2, -0.15) is 5.06 Å². The molecule has 0 aliphatic carbocycles. The van der Waals surface area contributed by atoms with Crippen molar-refractivity contribution in [3.8, 4) is 0 Å². The van der Waals surface area contributed by atoms with E-state index in [4.69, 9.17) is 4.74 Å². The second-order valence-electron chi connectivity index (χ2n) is 15.6. The van der Waals surface area contributed by atoms with Crippen molar-refractivity contribution in [2.24, 2.45) is 5.92 Å². The molecule has 3 atom stereocenters. The average molecular weight is 704 g/mol. The van der Waals surface area contributed by atoms with Crippen LogP contribution in [0.5, 0.6) is 0 Å². The number of hydrogen-bond donors (Lipinski definition) is 1. The summed E-state index contributed by atoms with van der Waals surface area (Å²) in [7, 11) is -0.619. The minimum atomic E-state index is -0.619. The lowest BCUT2D eigenvalue weighted by Crippen LogP contribution is -2.60.